The van der Waals surface area contributed by atoms with E-state index >= 15 is 0 Å². The molecule has 4 heteroatoms. The summed E-state index contributed by atoms with van der Waals surface area (Å²) in [6, 6.07) is 17.8. The average Bonchev–Trinajstić information content (AvgIpc) is 3.00. The van der Waals surface area contributed by atoms with Crippen LogP contribution >= 0.6 is 0 Å². The molecule has 0 aliphatic rings. The summed E-state index contributed by atoms with van der Waals surface area (Å²) in [5.41, 5.74) is 2.78. The minimum atomic E-state index is -0.0326. The van der Waals surface area contributed by atoms with Gasteiger partial charge in [-0.2, -0.15) is 0 Å². The van der Waals surface area contributed by atoms with E-state index in [2.05, 4.69) is 5.32 Å². The van der Waals surface area contributed by atoms with Gasteiger partial charge in [0.1, 0.15) is 11.3 Å². The van der Waals surface area contributed by atoms with Crippen molar-refractivity contribution in [2.24, 2.45) is 0 Å². The predicted molar refractivity (Wildman–Crippen MR) is 97.1 cm³/mol. The first kappa shape index (κ1) is 16.3. The molecule has 1 atom stereocenters. The summed E-state index contributed by atoms with van der Waals surface area (Å²) in [5, 5.41) is 4.04. The Morgan fingerprint density at radius 1 is 1.17 bits per heavy atom. The molecule has 3 rings (SSSR count). The van der Waals surface area contributed by atoms with E-state index in [1.165, 1.54) is 0 Å². The Hall–Kier alpha value is -2.59. The predicted octanol–water partition coefficient (Wildman–Crippen LogP) is 4.37. The van der Waals surface area contributed by atoms with E-state index in [0.29, 0.717) is 6.54 Å². The lowest BCUT2D eigenvalue weighted by molar-refractivity contribution is -0.117. The summed E-state index contributed by atoms with van der Waals surface area (Å²) in [6.45, 7) is 4.32. The number of benzene rings is 2. The van der Waals surface area contributed by atoms with Crippen molar-refractivity contribution in [3.63, 3.8) is 0 Å². The Morgan fingerprint density at radius 3 is 2.62 bits per heavy atom. The molecule has 0 bridgehead atoms. The molecule has 4 nitrogen and oxygen atoms in total. The molecule has 0 spiro atoms. The second kappa shape index (κ2) is 6.89. The maximum absolute atomic E-state index is 12.3. The van der Waals surface area contributed by atoms with Crippen molar-refractivity contribution in [3.05, 3.63) is 65.9 Å². The highest BCUT2D eigenvalue weighted by molar-refractivity contribution is 5.93. The number of para-hydroxylation sites is 2. The standard InChI is InChI=1S/C20H22N2O2/c1-14-8-4-6-10-17(14)21-20(23)13-22(3)15(2)19-12-16-9-5-7-11-18(16)24-19/h4-12,15H,13H2,1-3H3,(H,21,23)/t15-/m1/s1. The van der Waals surface area contributed by atoms with Gasteiger partial charge in [-0.1, -0.05) is 36.4 Å². The van der Waals surface area contributed by atoms with E-state index < -0.39 is 0 Å². The molecule has 1 amide bonds. The molecule has 0 aliphatic carbocycles. The second-order valence-electron chi connectivity index (χ2n) is 6.14. The molecule has 24 heavy (non-hydrogen) atoms. The van der Waals surface area contributed by atoms with Gasteiger partial charge in [0, 0.05) is 11.1 Å². The van der Waals surface area contributed by atoms with E-state index in [1.54, 1.807) is 0 Å². The fourth-order valence-corrected chi connectivity index (χ4v) is 2.69. The van der Waals surface area contributed by atoms with Gasteiger partial charge in [0.05, 0.1) is 12.6 Å². The van der Waals surface area contributed by atoms with Crippen LogP contribution in [0.25, 0.3) is 11.0 Å². The Kier molecular flexibility index (Phi) is 4.67. The third kappa shape index (κ3) is 3.49. The van der Waals surface area contributed by atoms with Crippen LogP contribution < -0.4 is 5.32 Å². The zero-order valence-corrected chi connectivity index (χ0v) is 14.2. The SMILES string of the molecule is Cc1ccccc1NC(=O)CN(C)[C@H](C)c1cc2ccccc2o1. The molecular weight excluding hydrogens is 300 g/mol. The van der Waals surface area contributed by atoms with Gasteiger partial charge in [-0.15, -0.1) is 0 Å². The molecule has 0 unspecified atom stereocenters. The van der Waals surface area contributed by atoms with Crippen LogP contribution in [0.2, 0.25) is 0 Å². The highest BCUT2D eigenvalue weighted by Crippen LogP contribution is 2.26. The smallest absolute Gasteiger partial charge is 0.238 e. The number of hydrogen-bond acceptors (Lipinski definition) is 3. The zero-order chi connectivity index (χ0) is 17.1. The van der Waals surface area contributed by atoms with Gasteiger partial charge in [-0.25, -0.2) is 0 Å². The van der Waals surface area contributed by atoms with Gasteiger partial charge in [-0.05, 0) is 44.7 Å². The van der Waals surface area contributed by atoms with Gasteiger partial charge in [0.15, 0.2) is 0 Å². The first-order valence-electron chi connectivity index (χ1n) is 8.09. The summed E-state index contributed by atoms with van der Waals surface area (Å²) in [6.07, 6.45) is 0. The number of nitrogens with one attached hydrogen (secondary N) is 1. The number of amides is 1. The fourth-order valence-electron chi connectivity index (χ4n) is 2.69. The third-order valence-corrected chi connectivity index (χ3v) is 4.33. The summed E-state index contributed by atoms with van der Waals surface area (Å²) in [4.78, 5) is 14.3. The van der Waals surface area contributed by atoms with Gasteiger partial charge in [0.2, 0.25) is 5.91 Å². The highest BCUT2D eigenvalue weighted by Gasteiger charge is 2.18. The average molecular weight is 322 g/mol. The number of anilines is 1. The normalized spacial score (nSPS) is 12.5. The maximum Gasteiger partial charge on any atom is 0.238 e. The Balaban J connectivity index is 1.66. The van der Waals surface area contributed by atoms with Crippen molar-refractivity contribution in [2.75, 3.05) is 18.9 Å². The van der Waals surface area contributed by atoms with E-state index in [0.717, 1.165) is 28.0 Å². The monoisotopic (exact) mass is 322 g/mol. The Morgan fingerprint density at radius 2 is 1.88 bits per heavy atom. The third-order valence-electron chi connectivity index (χ3n) is 4.33. The number of hydrogen-bond donors (Lipinski definition) is 1. The number of fused-ring (bicyclic) bond motifs is 1. The van der Waals surface area contributed by atoms with Crippen LogP contribution in [0.15, 0.2) is 59.0 Å². The molecule has 0 radical (unpaired) electrons. The molecule has 0 saturated carbocycles. The van der Waals surface area contributed by atoms with E-state index in [9.17, 15) is 4.79 Å². The molecule has 3 aromatic rings. The van der Waals surface area contributed by atoms with E-state index in [4.69, 9.17) is 4.42 Å². The van der Waals surface area contributed by atoms with Crippen LogP contribution in [-0.2, 0) is 4.79 Å². The van der Waals surface area contributed by atoms with Crippen molar-refractivity contribution < 1.29 is 9.21 Å². The number of carbonyl (C=O) groups is 1. The van der Waals surface area contributed by atoms with Crippen LogP contribution in [0.1, 0.15) is 24.3 Å². The molecule has 1 heterocycles. The van der Waals surface area contributed by atoms with Gasteiger partial charge < -0.3 is 9.73 Å². The largest absolute Gasteiger partial charge is 0.459 e. The first-order valence-corrected chi connectivity index (χ1v) is 8.09. The van der Waals surface area contributed by atoms with Crippen molar-refractivity contribution in [3.8, 4) is 0 Å². The topological polar surface area (TPSA) is 45.5 Å². The number of aryl methyl sites for hydroxylation is 1. The molecule has 1 N–H and O–H groups in total. The first-order chi connectivity index (χ1) is 11.5. The van der Waals surface area contributed by atoms with E-state index in [1.807, 2.05) is 80.4 Å². The second-order valence-corrected chi connectivity index (χ2v) is 6.14. The van der Waals surface area contributed by atoms with Crippen LogP contribution in [-0.4, -0.2) is 24.4 Å². The summed E-state index contributed by atoms with van der Waals surface area (Å²) in [7, 11) is 1.93. The van der Waals surface area contributed by atoms with Crippen molar-refractivity contribution >= 4 is 22.6 Å². The summed E-state index contributed by atoms with van der Waals surface area (Å²) < 4.78 is 5.90. The molecule has 0 saturated heterocycles. The molecule has 0 fully saturated rings. The van der Waals surface area contributed by atoms with Gasteiger partial charge >= 0.3 is 0 Å². The summed E-state index contributed by atoms with van der Waals surface area (Å²) in [5.74, 6) is 0.831. The maximum atomic E-state index is 12.3. The molecule has 1 aromatic heterocycles. The molecule has 0 aliphatic heterocycles. The summed E-state index contributed by atoms with van der Waals surface area (Å²) >= 11 is 0. The number of likely N-dealkylation sites (N-methyl/N-ethyl adjacent to an activating group) is 1. The number of nitrogens with zero attached hydrogens (tertiary/aromatic N) is 1. The van der Waals surface area contributed by atoms with Gasteiger partial charge in [0.25, 0.3) is 0 Å². The lowest BCUT2D eigenvalue weighted by atomic mass is 10.2. The van der Waals surface area contributed by atoms with E-state index in [-0.39, 0.29) is 11.9 Å². The van der Waals surface area contributed by atoms with Crippen LogP contribution in [0.4, 0.5) is 5.69 Å². The zero-order valence-electron chi connectivity index (χ0n) is 14.2. The highest BCUT2D eigenvalue weighted by atomic mass is 16.3. The number of rotatable bonds is 5. The Labute approximate surface area is 142 Å². The molecule has 124 valence electrons. The number of carbonyl (C=O) groups excluding carboxylic acids is 1. The van der Waals surface area contributed by atoms with Crippen LogP contribution in [0.3, 0.4) is 0 Å². The van der Waals surface area contributed by atoms with Crippen molar-refractivity contribution in [1.82, 2.24) is 4.90 Å². The van der Waals surface area contributed by atoms with Crippen LogP contribution in [0.5, 0.6) is 0 Å². The molecule has 2 aromatic carbocycles. The minimum absolute atomic E-state index is 0.0139. The fraction of sp³-hybridized carbons (Fsp3) is 0.250. The van der Waals surface area contributed by atoms with Gasteiger partial charge in [-0.3, -0.25) is 9.69 Å². The Bertz CT molecular complexity index is 820. The molecular formula is C20H22N2O2. The lowest BCUT2D eigenvalue weighted by Crippen LogP contribution is -2.32. The number of furan rings is 1. The minimum Gasteiger partial charge on any atom is -0.459 e. The van der Waals surface area contributed by atoms with Crippen LogP contribution in [0, 0.1) is 6.92 Å². The lowest BCUT2D eigenvalue weighted by Gasteiger charge is -2.22. The van der Waals surface area contributed by atoms with Crippen molar-refractivity contribution in [1.29, 1.82) is 0 Å². The quantitative estimate of drug-likeness (QED) is 0.758. The van der Waals surface area contributed by atoms with Crippen molar-refractivity contribution in [2.45, 2.75) is 19.9 Å².